The molecule has 0 unspecified atom stereocenters. The van der Waals surface area contributed by atoms with Crippen molar-refractivity contribution in [1.29, 1.82) is 0 Å². The van der Waals surface area contributed by atoms with E-state index in [1.165, 1.54) is 16.8 Å². The Labute approximate surface area is 159 Å². The molecule has 6 heteroatoms. The minimum absolute atomic E-state index is 0. The highest BCUT2D eigenvalue weighted by molar-refractivity contribution is 5.85. The zero-order chi connectivity index (χ0) is 17.2. The first-order valence-electron chi connectivity index (χ1n) is 8.79. The van der Waals surface area contributed by atoms with Crippen molar-refractivity contribution in [3.05, 3.63) is 59.5 Å². The summed E-state index contributed by atoms with van der Waals surface area (Å²) in [5.74, 6) is 1.27. The molecule has 0 bridgehead atoms. The van der Waals surface area contributed by atoms with Gasteiger partial charge in [0.1, 0.15) is 0 Å². The monoisotopic (exact) mass is 370 g/mol. The van der Waals surface area contributed by atoms with E-state index in [4.69, 9.17) is 10.3 Å². The molecule has 1 aromatic heterocycles. The van der Waals surface area contributed by atoms with Gasteiger partial charge in [0.05, 0.1) is 6.54 Å². The van der Waals surface area contributed by atoms with Crippen LogP contribution in [0.4, 0.5) is 11.4 Å². The van der Waals surface area contributed by atoms with Crippen LogP contribution in [0.1, 0.15) is 30.4 Å². The molecule has 1 aliphatic rings. The van der Waals surface area contributed by atoms with Crippen LogP contribution in [0.5, 0.6) is 0 Å². The van der Waals surface area contributed by atoms with Gasteiger partial charge < -0.3 is 15.2 Å². The molecule has 0 radical (unpaired) electrons. The molecule has 1 aliphatic heterocycles. The number of hydrogen-bond acceptors (Lipinski definition) is 5. The molecular weight excluding hydrogens is 348 g/mol. The lowest BCUT2D eigenvalue weighted by atomic mass is 10.00. The molecule has 0 saturated heterocycles. The number of aryl methyl sites for hydroxylation is 1. The first kappa shape index (κ1) is 18.3. The second-order valence-electron chi connectivity index (χ2n) is 6.43. The molecule has 26 heavy (non-hydrogen) atoms. The Kier molecular flexibility index (Phi) is 5.47. The number of benzene rings is 2. The van der Waals surface area contributed by atoms with E-state index >= 15 is 0 Å². The van der Waals surface area contributed by atoms with Crippen LogP contribution in [0.2, 0.25) is 0 Å². The van der Waals surface area contributed by atoms with Crippen LogP contribution >= 0.6 is 12.4 Å². The number of hydrogen-bond donors (Lipinski definition) is 1. The number of anilines is 2. The molecule has 0 fully saturated rings. The molecule has 2 N–H and O–H groups in total. The van der Waals surface area contributed by atoms with Gasteiger partial charge in [0.25, 0.3) is 0 Å². The van der Waals surface area contributed by atoms with Gasteiger partial charge in [0.15, 0.2) is 0 Å². The largest absolute Gasteiger partial charge is 0.398 e. The Hall–Kier alpha value is -2.53. The molecule has 5 nitrogen and oxygen atoms in total. The molecule has 2 heterocycles. The summed E-state index contributed by atoms with van der Waals surface area (Å²) >= 11 is 0. The second-order valence-corrected chi connectivity index (χ2v) is 6.43. The summed E-state index contributed by atoms with van der Waals surface area (Å²) in [7, 11) is 0. The Morgan fingerprint density at radius 2 is 1.96 bits per heavy atom. The number of aromatic nitrogens is 2. The Morgan fingerprint density at radius 1 is 1.15 bits per heavy atom. The average Bonchev–Trinajstić information content (AvgIpc) is 3.11. The Morgan fingerprint density at radius 3 is 2.73 bits per heavy atom. The second kappa shape index (κ2) is 7.79. The van der Waals surface area contributed by atoms with E-state index in [2.05, 4.69) is 40.2 Å². The van der Waals surface area contributed by atoms with Crippen molar-refractivity contribution >= 4 is 23.8 Å². The van der Waals surface area contributed by atoms with E-state index in [0.717, 1.165) is 37.1 Å². The first-order chi connectivity index (χ1) is 12.2. The van der Waals surface area contributed by atoms with Gasteiger partial charge >= 0.3 is 0 Å². The molecule has 0 saturated carbocycles. The third-order valence-corrected chi connectivity index (χ3v) is 4.80. The Balaban J connectivity index is 0.00000196. The number of rotatable bonds is 4. The van der Waals surface area contributed by atoms with E-state index in [1.54, 1.807) is 0 Å². The molecule has 0 amide bonds. The van der Waals surface area contributed by atoms with Gasteiger partial charge in [0, 0.05) is 23.5 Å². The fraction of sp³-hybridized carbons (Fsp3) is 0.300. The van der Waals surface area contributed by atoms with Crippen LogP contribution in [-0.2, 0) is 19.4 Å². The quantitative estimate of drug-likeness (QED) is 0.695. The summed E-state index contributed by atoms with van der Waals surface area (Å²) in [5.41, 5.74) is 11.7. The van der Waals surface area contributed by atoms with Crippen LogP contribution in [0.3, 0.4) is 0 Å². The summed E-state index contributed by atoms with van der Waals surface area (Å²) < 4.78 is 5.49. The van der Waals surface area contributed by atoms with Crippen LogP contribution in [-0.4, -0.2) is 16.7 Å². The number of nitrogen functional groups attached to an aromatic ring is 1. The van der Waals surface area contributed by atoms with Gasteiger partial charge in [-0.1, -0.05) is 42.4 Å². The van der Waals surface area contributed by atoms with Crippen molar-refractivity contribution in [2.75, 3.05) is 17.2 Å². The van der Waals surface area contributed by atoms with E-state index < -0.39 is 0 Å². The van der Waals surface area contributed by atoms with Gasteiger partial charge in [-0.15, -0.1) is 12.4 Å². The van der Waals surface area contributed by atoms with Crippen LogP contribution in [0.15, 0.2) is 47.0 Å². The van der Waals surface area contributed by atoms with Gasteiger partial charge in [-0.2, -0.15) is 4.98 Å². The van der Waals surface area contributed by atoms with Gasteiger partial charge in [-0.25, -0.2) is 0 Å². The lowest BCUT2D eigenvalue weighted by Gasteiger charge is -2.30. The van der Waals surface area contributed by atoms with Crippen molar-refractivity contribution < 1.29 is 4.52 Å². The summed E-state index contributed by atoms with van der Waals surface area (Å²) in [6.45, 7) is 3.72. The molecular formula is C20H23ClN4O. The van der Waals surface area contributed by atoms with Crippen molar-refractivity contribution in [2.24, 2.45) is 0 Å². The molecule has 3 aromatic rings. The SMILES string of the molecule is CCc1ccc(-c2noc(CN3CCCc4c(N)cccc43)n2)cc1.Cl. The highest BCUT2D eigenvalue weighted by Crippen LogP contribution is 2.32. The maximum absolute atomic E-state index is 6.12. The zero-order valence-corrected chi connectivity index (χ0v) is 15.6. The number of nitrogens with two attached hydrogens (primary N) is 1. The van der Waals surface area contributed by atoms with Crippen LogP contribution in [0.25, 0.3) is 11.4 Å². The molecule has 0 spiro atoms. The molecule has 2 aromatic carbocycles. The number of nitrogens with zero attached hydrogens (tertiary/aromatic N) is 3. The van der Waals surface area contributed by atoms with Crippen LogP contribution < -0.4 is 10.6 Å². The highest BCUT2D eigenvalue weighted by atomic mass is 35.5. The van der Waals surface area contributed by atoms with Gasteiger partial charge in [-0.3, -0.25) is 0 Å². The summed E-state index contributed by atoms with van der Waals surface area (Å²) in [4.78, 5) is 6.85. The summed E-state index contributed by atoms with van der Waals surface area (Å²) in [6.07, 6.45) is 3.13. The number of fused-ring (bicyclic) bond motifs is 1. The fourth-order valence-corrected chi connectivity index (χ4v) is 3.38. The standard InChI is InChI=1S/C20H22N4O.ClH/c1-2-14-8-10-15(11-9-14)20-22-19(25-23-20)13-24-12-4-5-16-17(21)6-3-7-18(16)24;/h3,6-11H,2,4-5,12-13,21H2,1H3;1H. The summed E-state index contributed by atoms with van der Waals surface area (Å²) in [6, 6.07) is 14.4. The van der Waals surface area contributed by atoms with Crippen molar-refractivity contribution in [1.82, 2.24) is 10.1 Å². The van der Waals surface area contributed by atoms with Crippen molar-refractivity contribution in [3.63, 3.8) is 0 Å². The van der Waals surface area contributed by atoms with Crippen molar-refractivity contribution in [2.45, 2.75) is 32.7 Å². The molecule has 136 valence electrons. The first-order valence-corrected chi connectivity index (χ1v) is 8.79. The molecule has 0 atom stereocenters. The maximum atomic E-state index is 6.12. The van der Waals surface area contributed by atoms with Crippen LogP contribution in [0, 0.1) is 0 Å². The number of halogens is 1. The topological polar surface area (TPSA) is 68.2 Å². The average molecular weight is 371 g/mol. The maximum Gasteiger partial charge on any atom is 0.246 e. The predicted octanol–water partition coefficient (Wildman–Crippen LogP) is 4.26. The van der Waals surface area contributed by atoms with Crippen molar-refractivity contribution in [3.8, 4) is 11.4 Å². The third kappa shape index (κ3) is 3.53. The lowest BCUT2D eigenvalue weighted by molar-refractivity contribution is 0.375. The Bertz CT molecular complexity index is 876. The normalized spacial score (nSPS) is 13.2. The lowest BCUT2D eigenvalue weighted by Crippen LogP contribution is -2.29. The third-order valence-electron chi connectivity index (χ3n) is 4.80. The minimum atomic E-state index is 0. The highest BCUT2D eigenvalue weighted by Gasteiger charge is 2.21. The van der Waals surface area contributed by atoms with Gasteiger partial charge in [-0.05, 0) is 42.5 Å². The molecule has 4 rings (SSSR count). The van der Waals surface area contributed by atoms with E-state index in [0.29, 0.717) is 18.3 Å². The predicted molar refractivity (Wildman–Crippen MR) is 107 cm³/mol. The van der Waals surface area contributed by atoms with Gasteiger partial charge in [0.2, 0.25) is 11.7 Å². The van der Waals surface area contributed by atoms with E-state index in [9.17, 15) is 0 Å². The summed E-state index contributed by atoms with van der Waals surface area (Å²) in [5, 5.41) is 4.14. The minimum Gasteiger partial charge on any atom is -0.398 e. The zero-order valence-electron chi connectivity index (χ0n) is 14.8. The van der Waals surface area contributed by atoms with E-state index in [-0.39, 0.29) is 12.4 Å². The smallest absolute Gasteiger partial charge is 0.246 e. The fourth-order valence-electron chi connectivity index (χ4n) is 3.38. The van der Waals surface area contributed by atoms with E-state index in [1.807, 2.05) is 24.3 Å². The molecule has 0 aliphatic carbocycles.